The van der Waals surface area contributed by atoms with Gasteiger partial charge in [-0.1, -0.05) is 12.1 Å². The molecule has 1 amide bonds. The van der Waals surface area contributed by atoms with Crippen LogP contribution in [0, 0.1) is 6.92 Å². The number of carbonyl (C=O) groups is 1. The van der Waals surface area contributed by atoms with Crippen molar-refractivity contribution < 1.29 is 19.7 Å². The Bertz CT molecular complexity index is 1210. The zero-order chi connectivity index (χ0) is 24.0. The highest BCUT2D eigenvalue weighted by Crippen LogP contribution is 2.68. The molecule has 7 heteroatoms. The first-order valence-electron chi connectivity index (χ1n) is 12.4. The van der Waals surface area contributed by atoms with Gasteiger partial charge in [0.15, 0.2) is 17.6 Å². The van der Waals surface area contributed by atoms with Crippen LogP contribution in [0.25, 0.3) is 0 Å². The molecule has 2 aliphatic heterocycles. The van der Waals surface area contributed by atoms with Crippen molar-refractivity contribution in [1.82, 2.24) is 14.8 Å². The van der Waals surface area contributed by atoms with Crippen molar-refractivity contribution in [2.75, 3.05) is 26.2 Å². The summed E-state index contributed by atoms with van der Waals surface area (Å²) in [5.74, 6) is 0.578. The first-order valence-corrected chi connectivity index (χ1v) is 12.4. The van der Waals surface area contributed by atoms with Gasteiger partial charge in [0.1, 0.15) is 5.69 Å². The molecule has 3 N–H and O–H groups in total. The molecule has 2 aromatic rings. The molecule has 1 aromatic carbocycles. The highest BCUT2D eigenvalue weighted by atomic mass is 16.5. The van der Waals surface area contributed by atoms with Gasteiger partial charge in [0.25, 0.3) is 5.91 Å². The maximum atomic E-state index is 13.3. The molecule has 180 valence electrons. The second-order valence-corrected chi connectivity index (χ2v) is 10.3. The maximum Gasteiger partial charge on any atom is 0.270 e. The zero-order valence-electron chi connectivity index (χ0n) is 20.1. The number of aromatic nitrogens is 1. The quantitative estimate of drug-likeness (QED) is 0.594. The molecule has 0 radical (unpaired) electrons. The summed E-state index contributed by atoms with van der Waals surface area (Å²) in [5, 5.41) is 23.4. The monoisotopic (exact) mass is 463 g/mol. The molecule has 3 heterocycles. The van der Waals surface area contributed by atoms with E-state index in [9.17, 15) is 15.0 Å². The van der Waals surface area contributed by atoms with Gasteiger partial charge in [0.05, 0.1) is 16.7 Å². The number of rotatable bonds is 5. The Morgan fingerprint density at radius 2 is 2.15 bits per heavy atom. The lowest BCUT2D eigenvalue weighted by Crippen LogP contribution is -2.74. The van der Waals surface area contributed by atoms with Crippen molar-refractivity contribution in [3.05, 3.63) is 58.4 Å². The Morgan fingerprint density at radius 3 is 2.85 bits per heavy atom. The standard InChI is InChI=1S/C27H33N3O4/c1-5-11-30-12-10-26-20-16-8-9-18(31)23(20)34-24(26)22-17(14-27(26,33)19(30)13-16)15(4)21(28-22)25(32)29(6-2)7-3/h5,8-9,19,24,28,31,33H,1,6-7,10-14H2,2-4H3. The topological polar surface area (TPSA) is 89.0 Å². The second kappa shape index (κ2) is 7.12. The summed E-state index contributed by atoms with van der Waals surface area (Å²) in [6.07, 6.45) is 3.27. The Balaban J connectivity index is 1.59. The number of carbonyl (C=O) groups excluding carboxylic acids is 1. The Morgan fingerprint density at radius 1 is 1.38 bits per heavy atom. The van der Waals surface area contributed by atoms with Crippen LogP contribution in [0.4, 0.5) is 0 Å². The lowest BCUT2D eigenvalue weighted by molar-refractivity contribution is -0.170. The van der Waals surface area contributed by atoms with Crippen LogP contribution in [0.3, 0.4) is 0 Å². The number of ether oxygens (including phenoxy) is 1. The molecular weight excluding hydrogens is 430 g/mol. The molecule has 1 aromatic heterocycles. The van der Waals surface area contributed by atoms with Crippen LogP contribution in [-0.2, 0) is 18.3 Å². The van der Waals surface area contributed by atoms with Crippen molar-refractivity contribution in [1.29, 1.82) is 0 Å². The SMILES string of the molecule is C=CCN1CCC23c4c5ccc(O)c4OC2c2[nH]c(C(=O)N(CC)CC)c(C)c2CC3(O)C1C5. The fraction of sp³-hybridized carbons (Fsp3) is 0.519. The third kappa shape index (κ3) is 2.37. The van der Waals surface area contributed by atoms with Crippen molar-refractivity contribution in [3.8, 4) is 11.5 Å². The number of piperidine rings is 1. The first-order chi connectivity index (χ1) is 16.3. The van der Waals surface area contributed by atoms with Crippen molar-refractivity contribution in [2.24, 2.45) is 0 Å². The molecular formula is C27H33N3O4. The number of hydrogen-bond donors (Lipinski definition) is 3. The lowest BCUT2D eigenvalue weighted by Gasteiger charge is -2.62. The van der Waals surface area contributed by atoms with Gasteiger partial charge in [-0.05, 0) is 56.4 Å². The third-order valence-electron chi connectivity index (χ3n) is 9.07. The molecule has 4 atom stereocenters. The van der Waals surface area contributed by atoms with Crippen molar-refractivity contribution >= 4 is 5.91 Å². The van der Waals surface area contributed by atoms with Gasteiger partial charge in [0.2, 0.25) is 0 Å². The van der Waals surface area contributed by atoms with E-state index in [1.165, 1.54) is 0 Å². The molecule has 0 saturated carbocycles. The summed E-state index contributed by atoms with van der Waals surface area (Å²) >= 11 is 0. The van der Waals surface area contributed by atoms with E-state index in [1.54, 1.807) is 6.07 Å². The van der Waals surface area contributed by atoms with Crippen LogP contribution in [0.15, 0.2) is 24.8 Å². The summed E-state index contributed by atoms with van der Waals surface area (Å²) in [6, 6.07) is 3.59. The number of nitrogens with zero attached hydrogens (tertiary/aromatic N) is 2. The van der Waals surface area contributed by atoms with Gasteiger partial charge in [-0.3, -0.25) is 9.69 Å². The second-order valence-electron chi connectivity index (χ2n) is 10.3. The molecule has 34 heavy (non-hydrogen) atoms. The molecule has 1 fully saturated rings. The van der Waals surface area contributed by atoms with E-state index in [0.717, 1.165) is 34.5 Å². The predicted octanol–water partition coefficient (Wildman–Crippen LogP) is 2.99. The van der Waals surface area contributed by atoms with Crippen LogP contribution in [0.5, 0.6) is 11.5 Å². The summed E-state index contributed by atoms with van der Waals surface area (Å²) in [6.45, 7) is 12.7. The van der Waals surface area contributed by atoms with Gasteiger partial charge in [-0.25, -0.2) is 0 Å². The number of phenols is 1. The number of aromatic hydroxyl groups is 1. The van der Waals surface area contributed by atoms with Crippen molar-refractivity contribution in [2.45, 2.75) is 63.2 Å². The summed E-state index contributed by atoms with van der Waals surface area (Å²) in [4.78, 5) is 20.9. The minimum atomic E-state index is -1.08. The van der Waals surface area contributed by atoms with E-state index in [4.69, 9.17) is 4.74 Å². The summed E-state index contributed by atoms with van der Waals surface area (Å²) in [5.41, 5.74) is 3.65. The Hall–Kier alpha value is -2.77. The highest BCUT2D eigenvalue weighted by molar-refractivity contribution is 5.94. The number of benzene rings is 1. The Labute approximate surface area is 200 Å². The molecule has 2 aliphatic carbocycles. The molecule has 4 unspecified atom stereocenters. The molecule has 1 spiro atoms. The average molecular weight is 464 g/mol. The van der Waals surface area contributed by atoms with Crippen LogP contribution < -0.4 is 4.74 Å². The number of likely N-dealkylation sites (tertiary alicyclic amines) is 1. The van der Waals surface area contributed by atoms with Gasteiger partial charge >= 0.3 is 0 Å². The maximum absolute atomic E-state index is 13.3. The predicted molar refractivity (Wildman–Crippen MR) is 128 cm³/mol. The Kier molecular flexibility index (Phi) is 4.55. The number of fused-ring (bicyclic) bond motifs is 2. The highest BCUT2D eigenvalue weighted by Gasteiger charge is 2.72. The van der Waals surface area contributed by atoms with Crippen LogP contribution in [-0.4, -0.2) is 68.7 Å². The molecule has 4 aliphatic rings. The molecule has 6 rings (SSSR count). The van der Waals surface area contributed by atoms with E-state index in [1.807, 2.05) is 37.8 Å². The van der Waals surface area contributed by atoms with Crippen LogP contribution >= 0.6 is 0 Å². The fourth-order valence-electron chi connectivity index (χ4n) is 7.46. The fourth-order valence-corrected chi connectivity index (χ4v) is 7.46. The number of aliphatic hydroxyl groups is 1. The zero-order valence-corrected chi connectivity index (χ0v) is 20.1. The third-order valence-corrected chi connectivity index (χ3v) is 9.07. The normalized spacial score (nSPS) is 30.4. The van der Waals surface area contributed by atoms with E-state index in [0.29, 0.717) is 50.3 Å². The summed E-state index contributed by atoms with van der Waals surface area (Å²) in [7, 11) is 0. The van der Waals surface area contributed by atoms with E-state index >= 15 is 0 Å². The number of nitrogens with one attached hydrogen (secondary N) is 1. The minimum absolute atomic E-state index is 0.0281. The number of phenolic OH excluding ortho intramolecular Hbond substituents is 1. The number of aromatic amines is 1. The van der Waals surface area contributed by atoms with Gasteiger partial charge in [-0.15, -0.1) is 6.58 Å². The molecule has 1 saturated heterocycles. The van der Waals surface area contributed by atoms with Crippen LogP contribution in [0.2, 0.25) is 0 Å². The van der Waals surface area contributed by atoms with E-state index < -0.39 is 17.1 Å². The van der Waals surface area contributed by atoms with E-state index in [-0.39, 0.29) is 17.7 Å². The molecule has 2 bridgehead atoms. The first kappa shape index (κ1) is 21.7. The number of amides is 1. The average Bonchev–Trinajstić information content (AvgIpc) is 3.33. The molecule has 7 nitrogen and oxygen atoms in total. The summed E-state index contributed by atoms with van der Waals surface area (Å²) < 4.78 is 6.55. The number of H-pyrrole nitrogens is 1. The smallest absolute Gasteiger partial charge is 0.270 e. The van der Waals surface area contributed by atoms with Gasteiger partial charge in [0, 0.05) is 44.2 Å². The lowest BCUT2D eigenvalue weighted by atomic mass is 9.49. The van der Waals surface area contributed by atoms with Crippen LogP contribution in [0.1, 0.15) is 64.8 Å². The van der Waals surface area contributed by atoms with E-state index in [2.05, 4.69) is 16.5 Å². The van der Waals surface area contributed by atoms with Gasteiger partial charge < -0.3 is 24.8 Å². The number of hydrogen-bond acceptors (Lipinski definition) is 5. The minimum Gasteiger partial charge on any atom is -0.504 e. The largest absolute Gasteiger partial charge is 0.504 e. The van der Waals surface area contributed by atoms with Gasteiger partial charge in [-0.2, -0.15) is 0 Å². The van der Waals surface area contributed by atoms with Crippen molar-refractivity contribution in [3.63, 3.8) is 0 Å².